The van der Waals surface area contributed by atoms with E-state index < -0.39 is 11.8 Å². The maximum absolute atomic E-state index is 13.2. The summed E-state index contributed by atoms with van der Waals surface area (Å²) < 4.78 is 5.12. The van der Waals surface area contributed by atoms with E-state index in [1.807, 2.05) is 6.07 Å². The molecular weight excluding hydrogens is 404 g/mol. The summed E-state index contributed by atoms with van der Waals surface area (Å²) in [5.41, 5.74) is 2.68. The molecule has 162 valence electrons. The number of hydrogen-bond donors (Lipinski definition) is 1. The van der Waals surface area contributed by atoms with Crippen molar-refractivity contribution < 1.29 is 19.1 Å². The molecular formula is C26H24N2O4. The number of hydrogen-bond acceptors (Lipinski definition) is 4. The molecule has 1 heterocycles. The predicted molar refractivity (Wildman–Crippen MR) is 124 cm³/mol. The van der Waals surface area contributed by atoms with Crippen molar-refractivity contribution in [1.29, 1.82) is 0 Å². The van der Waals surface area contributed by atoms with Gasteiger partial charge in [0.25, 0.3) is 17.7 Å². The van der Waals surface area contributed by atoms with Crippen molar-refractivity contribution >= 4 is 29.1 Å². The lowest BCUT2D eigenvalue weighted by Gasteiger charge is -2.19. The van der Waals surface area contributed by atoms with Crippen LogP contribution in [0, 0.1) is 0 Å². The normalized spacial score (nSPS) is 13.2. The van der Waals surface area contributed by atoms with Crippen LogP contribution in [0.3, 0.4) is 0 Å². The van der Waals surface area contributed by atoms with Crippen LogP contribution in [0.4, 0.5) is 11.4 Å². The van der Waals surface area contributed by atoms with E-state index in [1.165, 1.54) is 0 Å². The van der Waals surface area contributed by atoms with Crippen molar-refractivity contribution in [3.05, 3.63) is 89.0 Å². The molecule has 1 aliphatic heterocycles. The van der Waals surface area contributed by atoms with Gasteiger partial charge in [0.05, 0.1) is 29.6 Å². The van der Waals surface area contributed by atoms with Crippen LogP contribution < -0.4 is 15.0 Å². The molecule has 3 aromatic rings. The summed E-state index contributed by atoms with van der Waals surface area (Å²) in [5, 5.41) is 2.82. The van der Waals surface area contributed by atoms with Gasteiger partial charge < -0.3 is 10.1 Å². The van der Waals surface area contributed by atoms with Gasteiger partial charge in [0.15, 0.2) is 0 Å². The van der Waals surface area contributed by atoms with E-state index in [9.17, 15) is 14.4 Å². The Hall–Kier alpha value is -3.93. The monoisotopic (exact) mass is 428 g/mol. The molecule has 6 nitrogen and oxygen atoms in total. The topological polar surface area (TPSA) is 75.7 Å². The van der Waals surface area contributed by atoms with Crippen molar-refractivity contribution in [2.75, 3.05) is 17.3 Å². The van der Waals surface area contributed by atoms with E-state index in [-0.39, 0.29) is 11.3 Å². The molecule has 0 saturated carbocycles. The van der Waals surface area contributed by atoms with E-state index >= 15 is 0 Å². The molecule has 0 saturated heterocycles. The third kappa shape index (κ3) is 3.75. The number of imide groups is 1. The number of rotatable bonds is 4. The molecule has 0 atom stereocenters. The average Bonchev–Trinajstić information content (AvgIpc) is 3.03. The highest BCUT2D eigenvalue weighted by Crippen LogP contribution is 2.35. The van der Waals surface area contributed by atoms with E-state index in [2.05, 4.69) is 26.1 Å². The number of fused-ring (bicyclic) bond motifs is 1. The van der Waals surface area contributed by atoms with Crippen LogP contribution in [-0.4, -0.2) is 24.8 Å². The Morgan fingerprint density at radius 1 is 0.875 bits per heavy atom. The van der Waals surface area contributed by atoms with Gasteiger partial charge in [-0.25, -0.2) is 4.90 Å². The largest absolute Gasteiger partial charge is 0.497 e. The van der Waals surface area contributed by atoms with Gasteiger partial charge in [0, 0.05) is 5.56 Å². The van der Waals surface area contributed by atoms with Crippen molar-refractivity contribution in [3.8, 4) is 5.75 Å². The first-order valence-corrected chi connectivity index (χ1v) is 10.3. The Balaban J connectivity index is 1.67. The second-order valence-electron chi connectivity index (χ2n) is 8.66. The van der Waals surface area contributed by atoms with E-state index in [4.69, 9.17) is 4.74 Å². The third-order valence-electron chi connectivity index (χ3n) is 5.50. The van der Waals surface area contributed by atoms with Crippen LogP contribution in [0.15, 0.2) is 66.7 Å². The SMILES string of the molecule is COc1ccc(C(=O)Nc2ccccc2N2C(=O)c3ccc(C(C)(C)C)cc3C2=O)cc1. The molecule has 6 heteroatoms. The molecule has 0 unspecified atom stereocenters. The highest BCUT2D eigenvalue weighted by molar-refractivity contribution is 6.35. The minimum atomic E-state index is -0.406. The molecule has 0 aromatic heterocycles. The minimum Gasteiger partial charge on any atom is -0.497 e. The summed E-state index contributed by atoms with van der Waals surface area (Å²) in [5.74, 6) is -0.520. The van der Waals surface area contributed by atoms with Gasteiger partial charge in [0.1, 0.15) is 5.75 Å². The van der Waals surface area contributed by atoms with Gasteiger partial charge in [-0.05, 0) is 59.5 Å². The highest BCUT2D eigenvalue weighted by atomic mass is 16.5. The zero-order valence-corrected chi connectivity index (χ0v) is 18.4. The van der Waals surface area contributed by atoms with Crippen LogP contribution in [-0.2, 0) is 5.41 Å². The summed E-state index contributed by atoms with van der Waals surface area (Å²) in [6.07, 6.45) is 0. The first-order valence-electron chi connectivity index (χ1n) is 10.3. The number of nitrogens with one attached hydrogen (secondary N) is 1. The summed E-state index contributed by atoms with van der Waals surface area (Å²) in [4.78, 5) is 40.3. The molecule has 0 fully saturated rings. The number of ether oxygens (including phenoxy) is 1. The predicted octanol–water partition coefficient (Wildman–Crippen LogP) is 5.05. The lowest BCUT2D eigenvalue weighted by Crippen LogP contribution is -2.30. The summed E-state index contributed by atoms with van der Waals surface area (Å²) >= 11 is 0. The summed E-state index contributed by atoms with van der Waals surface area (Å²) in [7, 11) is 1.55. The first kappa shape index (κ1) is 21.3. The van der Waals surface area contributed by atoms with Crippen LogP contribution >= 0.6 is 0 Å². The molecule has 4 rings (SSSR count). The van der Waals surface area contributed by atoms with E-state index in [1.54, 1.807) is 67.8 Å². The molecule has 0 radical (unpaired) electrons. The maximum atomic E-state index is 13.2. The number of benzene rings is 3. The third-order valence-corrected chi connectivity index (χ3v) is 5.50. The molecule has 3 aromatic carbocycles. The summed E-state index contributed by atoms with van der Waals surface area (Å²) in [6, 6.07) is 18.8. The van der Waals surface area contributed by atoms with Gasteiger partial charge in [-0.3, -0.25) is 14.4 Å². The Bertz CT molecular complexity index is 1220. The number of nitrogens with zero attached hydrogens (tertiary/aromatic N) is 1. The Labute approximate surface area is 186 Å². The fourth-order valence-electron chi connectivity index (χ4n) is 3.64. The Morgan fingerprint density at radius 3 is 2.19 bits per heavy atom. The number of carbonyl (C=O) groups excluding carboxylic acids is 3. The fourth-order valence-corrected chi connectivity index (χ4v) is 3.64. The molecule has 0 spiro atoms. The average molecular weight is 428 g/mol. The lowest BCUT2D eigenvalue weighted by molar-refractivity contribution is 0.0924. The van der Waals surface area contributed by atoms with Crippen LogP contribution in [0.1, 0.15) is 57.4 Å². The molecule has 1 N–H and O–H groups in total. The quantitative estimate of drug-likeness (QED) is 0.591. The zero-order valence-electron chi connectivity index (χ0n) is 18.4. The lowest BCUT2D eigenvalue weighted by atomic mass is 9.85. The van der Waals surface area contributed by atoms with Gasteiger partial charge in [-0.1, -0.05) is 39.0 Å². The number of methoxy groups -OCH3 is 1. The number of carbonyl (C=O) groups is 3. The van der Waals surface area contributed by atoms with Gasteiger partial charge in [0.2, 0.25) is 0 Å². The van der Waals surface area contributed by atoms with Crippen molar-refractivity contribution in [1.82, 2.24) is 0 Å². The molecule has 0 aliphatic carbocycles. The smallest absolute Gasteiger partial charge is 0.266 e. The Morgan fingerprint density at radius 2 is 1.53 bits per heavy atom. The van der Waals surface area contributed by atoms with Gasteiger partial charge in [-0.15, -0.1) is 0 Å². The second kappa shape index (κ2) is 7.96. The van der Waals surface area contributed by atoms with E-state index in [0.717, 1.165) is 10.5 Å². The van der Waals surface area contributed by atoms with Crippen LogP contribution in [0.2, 0.25) is 0 Å². The molecule has 1 aliphatic rings. The maximum Gasteiger partial charge on any atom is 0.266 e. The van der Waals surface area contributed by atoms with Crippen molar-refractivity contribution in [2.45, 2.75) is 26.2 Å². The summed E-state index contributed by atoms with van der Waals surface area (Å²) in [6.45, 7) is 6.16. The highest BCUT2D eigenvalue weighted by Gasteiger charge is 2.38. The molecule has 0 bridgehead atoms. The van der Waals surface area contributed by atoms with Crippen molar-refractivity contribution in [2.24, 2.45) is 0 Å². The van der Waals surface area contributed by atoms with Crippen molar-refractivity contribution in [3.63, 3.8) is 0 Å². The Kier molecular flexibility index (Phi) is 5.30. The first-order chi connectivity index (χ1) is 15.2. The van der Waals surface area contributed by atoms with E-state index in [0.29, 0.717) is 33.8 Å². The number of amides is 3. The molecule has 32 heavy (non-hydrogen) atoms. The van der Waals surface area contributed by atoms with Gasteiger partial charge in [-0.2, -0.15) is 0 Å². The number of anilines is 2. The minimum absolute atomic E-state index is 0.157. The second-order valence-corrected chi connectivity index (χ2v) is 8.66. The standard InChI is InChI=1S/C26H24N2O4/c1-26(2,3)17-11-14-19-20(15-17)25(31)28(24(19)30)22-8-6-5-7-21(22)27-23(29)16-9-12-18(32-4)13-10-16/h5-15H,1-4H3,(H,27,29). The van der Waals surface area contributed by atoms with Crippen LogP contribution in [0.5, 0.6) is 5.75 Å². The number of para-hydroxylation sites is 2. The molecule has 3 amide bonds. The van der Waals surface area contributed by atoms with Gasteiger partial charge >= 0.3 is 0 Å². The fraction of sp³-hybridized carbons (Fsp3) is 0.192. The zero-order chi connectivity index (χ0) is 23.0. The van der Waals surface area contributed by atoms with Crippen LogP contribution in [0.25, 0.3) is 0 Å².